The van der Waals surface area contributed by atoms with E-state index in [2.05, 4.69) is 5.32 Å². The minimum absolute atomic E-state index is 0.0852. The molecule has 0 bridgehead atoms. The number of fused-ring (bicyclic) bond motifs is 5. The number of hydrogen-bond donors (Lipinski definition) is 3. The average molecular weight is 497 g/mol. The molecule has 1 atom stereocenters. The van der Waals surface area contributed by atoms with Gasteiger partial charge in [-0.05, 0) is 30.7 Å². The Morgan fingerprint density at radius 2 is 2.00 bits per heavy atom. The maximum Gasteiger partial charge on any atom is 0.343 e. The van der Waals surface area contributed by atoms with E-state index in [0.717, 1.165) is 16.5 Å². The van der Waals surface area contributed by atoms with Crippen LogP contribution >= 0.6 is 0 Å². The van der Waals surface area contributed by atoms with Gasteiger partial charge in [0, 0.05) is 22.1 Å². The third-order valence-corrected chi connectivity index (χ3v) is 7.19. The Labute approximate surface area is 211 Å². The van der Waals surface area contributed by atoms with Crippen molar-refractivity contribution in [2.75, 3.05) is 12.4 Å². The monoisotopic (exact) mass is 496 g/mol. The summed E-state index contributed by atoms with van der Waals surface area (Å²) in [6.07, 6.45) is 0.0852. The number of esters is 1. The first kappa shape index (κ1) is 22.9. The molecule has 3 N–H and O–H groups in total. The van der Waals surface area contributed by atoms with Crippen LogP contribution in [-0.4, -0.2) is 33.6 Å². The molecule has 0 aliphatic carbocycles. The van der Waals surface area contributed by atoms with Crippen LogP contribution in [0.5, 0.6) is 5.75 Å². The summed E-state index contributed by atoms with van der Waals surface area (Å²) in [6, 6.07) is 16.6. The smallest absolute Gasteiger partial charge is 0.343 e. The molecule has 2 aromatic carbocycles. The zero-order valence-electron chi connectivity index (χ0n) is 20.3. The molecule has 9 nitrogen and oxygen atoms in total. The molecule has 0 radical (unpaired) electrons. The van der Waals surface area contributed by atoms with Crippen molar-refractivity contribution in [3.05, 3.63) is 87.2 Å². The van der Waals surface area contributed by atoms with Gasteiger partial charge < -0.3 is 24.5 Å². The largest absolute Gasteiger partial charge is 0.495 e. The second kappa shape index (κ2) is 8.28. The minimum Gasteiger partial charge on any atom is -0.495 e. The summed E-state index contributed by atoms with van der Waals surface area (Å²) in [5.74, 6) is 0.0181. The summed E-state index contributed by atoms with van der Waals surface area (Å²) in [6.45, 7) is 1.79. The second-order valence-corrected chi connectivity index (χ2v) is 9.17. The zero-order chi connectivity index (χ0) is 25.9. The van der Waals surface area contributed by atoms with Crippen molar-refractivity contribution in [1.82, 2.24) is 9.55 Å². The van der Waals surface area contributed by atoms with Gasteiger partial charge in [0.05, 0.1) is 41.8 Å². The van der Waals surface area contributed by atoms with E-state index in [1.54, 1.807) is 30.7 Å². The minimum atomic E-state index is -1.87. The first-order valence-electron chi connectivity index (χ1n) is 11.9. The average Bonchev–Trinajstić information content (AvgIpc) is 3.28. The number of carbonyl (C=O) groups excluding carboxylic acids is 1. The molecule has 0 saturated heterocycles. The van der Waals surface area contributed by atoms with Gasteiger partial charge in [-0.3, -0.25) is 10.2 Å². The Kier molecular flexibility index (Phi) is 5.13. The molecule has 2 aromatic heterocycles. The number of carbonyl (C=O) groups is 1. The quantitative estimate of drug-likeness (QED) is 0.197. The van der Waals surface area contributed by atoms with Crippen LogP contribution in [0.25, 0.3) is 22.3 Å². The van der Waals surface area contributed by atoms with Crippen molar-refractivity contribution in [2.24, 2.45) is 0 Å². The number of nitrogens with zero attached hydrogens (tertiary/aromatic N) is 2. The van der Waals surface area contributed by atoms with Crippen molar-refractivity contribution in [2.45, 2.75) is 32.1 Å². The fourth-order valence-corrected chi connectivity index (χ4v) is 5.13. The van der Waals surface area contributed by atoms with E-state index in [4.69, 9.17) is 19.9 Å². The zero-order valence-corrected chi connectivity index (χ0v) is 20.3. The standard InChI is InChI=1S/C28H24N4O5/c1-3-28(35)19-12-21-23-16(13-32(21)26(33)18(19)14-37-27(28)34)11-17-20(30-23)9-10-22(36-2)24(17)31-25(29)15-7-5-4-6-8-15/h4-12,35H,3,13-14H2,1-2H3,(H2,29,31)/t28-/m0/s1. The molecule has 2 aliphatic heterocycles. The Balaban J connectivity index is 1.51. The summed E-state index contributed by atoms with van der Waals surface area (Å²) in [5, 5.41) is 23.6. The van der Waals surface area contributed by atoms with Gasteiger partial charge >= 0.3 is 5.97 Å². The van der Waals surface area contributed by atoms with Gasteiger partial charge in [-0.15, -0.1) is 0 Å². The highest BCUT2D eigenvalue weighted by Gasteiger charge is 2.45. The van der Waals surface area contributed by atoms with Gasteiger partial charge in [0.2, 0.25) is 0 Å². The lowest BCUT2D eigenvalue weighted by molar-refractivity contribution is -0.172. The number of hydrogen-bond acceptors (Lipinski definition) is 7. The topological polar surface area (TPSA) is 127 Å². The van der Waals surface area contributed by atoms with Crippen molar-refractivity contribution < 1.29 is 19.4 Å². The summed E-state index contributed by atoms with van der Waals surface area (Å²) in [5.41, 5.74) is 2.32. The number of aromatic nitrogens is 2. The van der Waals surface area contributed by atoms with Crippen molar-refractivity contribution in [3.8, 4) is 17.1 Å². The SMILES string of the molecule is CC[C@@]1(O)C(=O)OCc2c1cc1n(c2=O)Cc2cc3c(NC(=N)c4ccccc4)c(OC)ccc3nc2-1. The highest BCUT2D eigenvalue weighted by molar-refractivity contribution is 6.11. The van der Waals surface area contributed by atoms with Gasteiger partial charge in [0.15, 0.2) is 5.60 Å². The summed E-state index contributed by atoms with van der Waals surface area (Å²) >= 11 is 0. The molecule has 2 aliphatic rings. The number of nitrogens with one attached hydrogen (secondary N) is 2. The lowest BCUT2D eigenvalue weighted by Gasteiger charge is -2.31. The van der Waals surface area contributed by atoms with E-state index in [1.165, 1.54) is 0 Å². The first-order chi connectivity index (χ1) is 17.9. The third-order valence-electron chi connectivity index (χ3n) is 7.19. The Morgan fingerprint density at radius 3 is 2.73 bits per heavy atom. The van der Waals surface area contributed by atoms with Gasteiger partial charge in [-0.25, -0.2) is 9.78 Å². The predicted octanol–water partition coefficient (Wildman–Crippen LogP) is 3.53. The molecule has 0 spiro atoms. The van der Waals surface area contributed by atoms with E-state index in [-0.39, 0.29) is 42.1 Å². The van der Waals surface area contributed by atoms with Gasteiger partial charge in [-0.2, -0.15) is 0 Å². The Bertz CT molecular complexity index is 1680. The molecule has 4 aromatic rings. The molecular weight excluding hydrogens is 472 g/mol. The molecular formula is C28H24N4O5. The highest BCUT2D eigenvalue weighted by atomic mass is 16.6. The number of cyclic esters (lactones) is 1. The Hall–Kier alpha value is -4.50. The highest BCUT2D eigenvalue weighted by Crippen LogP contribution is 2.41. The number of methoxy groups -OCH3 is 1. The first-order valence-corrected chi connectivity index (χ1v) is 11.9. The fourth-order valence-electron chi connectivity index (χ4n) is 5.13. The summed E-state index contributed by atoms with van der Waals surface area (Å²) in [4.78, 5) is 30.7. The van der Waals surface area contributed by atoms with Crippen molar-refractivity contribution in [3.63, 3.8) is 0 Å². The van der Waals surface area contributed by atoms with E-state index >= 15 is 0 Å². The number of anilines is 1. The predicted molar refractivity (Wildman–Crippen MR) is 138 cm³/mol. The molecule has 6 rings (SSSR count). The number of benzene rings is 2. The van der Waals surface area contributed by atoms with Crippen LogP contribution in [0.1, 0.15) is 35.6 Å². The second-order valence-electron chi connectivity index (χ2n) is 9.17. The fraction of sp³-hybridized carbons (Fsp3) is 0.214. The molecule has 0 unspecified atom stereocenters. The molecule has 9 heteroatoms. The van der Waals surface area contributed by atoms with Crippen LogP contribution in [0.4, 0.5) is 5.69 Å². The van der Waals surface area contributed by atoms with Crippen molar-refractivity contribution in [1.29, 1.82) is 5.41 Å². The maximum absolute atomic E-state index is 13.4. The normalized spacial score (nSPS) is 17.5. The molecule has 0 saturated carbocycles. The van der Waals surface area contributed by atoms with Crippen LogP contribution in [0.15, 0.2) is 59.4 Å². The lowest BCUT2D eigenvalue weighted by atomic mass is 9.86. The molecule has 0 fully saturated rings. The third kappa shape index (κ3) is 3.35. The number of pyridine rings is 2. The maximum atomic E-state index is 13.4. The van der Waals surface area contributed by atoms with E-state index in [9.17, 15) is 14.7 Å². The van der Waals surface area contributed by atoms with Crippen LogP contribution in [0.3, 0.4) is 0 Å². The van der Waals surface area contributed by atoms with Crippen molar-refractivity contribution >= 4 is 28.4 Å². The van der Waals surface area contributed by atoms with E-state index in [0.29, 0.717) is 28.3 Å². The number of aliphatic hydroxyl groups is 1. The summed E-state index contributed by atoms with van der Waals surface area (Å²) in [7, 11) is 1.57. The Morgan fingerprint density at radius 1 is 1.22 bits per heavy atom. The lowest BCUT2D eigenvalue weighted by Crippen LogP contribution is -2.44. The van der Waals surface area contributed by atoms with Crippen LogP contribution in [-0.2, 0) is 28.3 Å². The van der Waals surface area contributed by atoms with Gasteiger partial charge in [0.25, 0.3) is 5.56 Å². The molecule has 186 valence electrons. The van der Waals surface area contributed by atoms with Crippen LogP contribution in [0.2, 0.25) is 0 Å². The van der Waals surface area contributed by atoms with E-state index in [1.807, 2.05) is 42.5 Å². The molecule has 4 heterocycles. The summed E-state index contributed by atoms with van der Waals surface area (Å²) < 4.78 is 12.3. The number of rotatable bonds is 4. The number of ether oxygens (including phenoxy) is 2. The molecule has 37 heavy (non-hydrogen) atoms. The van der Waals surface area contributed by atoms with Gasteiger partial charge in [-0.1, -0.05) is 37.3 Å². The van der Waals surface area contributed by atoms with Gasteiger partial charge in [0.1, 0.15) is 18.2 Å². The van der Waals surface area contributed by atoms with Crippen LogP contribution < -0.4 is 15.6 Å². The van der Waals surface area contributed by atoms with E-state index < -0.39 is 11.6 Å². The molecule has 0 amide bonds. The van der Waals surface area contributed by atoms with Crippen LogP contribution in [0, 0.1) is 5.41 Å². The number of amidine groups is 1.